The second-order valence-electron chi connectivity index (χ2n) is 8.71. The van der Waals surface area contributed by atoms with Crippen molar-refractivity contribution in [2.24, 2.45) is 0 Å². The molecule has 0 amide bonds. The molecule has 0 bridgehead atoms. The molecule has 0 spiro atoms. The number of aliphatic hydroxyl groups is 2. The minimum absolute atomic E-state index is 0.199. The van der Waals surface area contributed by atoms with Gasteiger partial charge in [0.15, 0.2) is 0 Å². The minimum Gasteiger partial charge on any atom is -0.389 e. The van der Waals surface area contributed by atoms with E-state index in [0.29, 0.717) is 30.8 Å². The van der Waals surface area contributed by atoms with Gasteiger partial charge in [0.2, 0.25) is 5.95 Å². The highest BCUT2D eigenvalue weighted by Crippen LogP contribution is 2.31. The van der Waals surface area contributed by atoms with Crippen LogP contribution >= 0.6 is 0 Å². The Bertz CT molecular complexity index is 1130. The van der Waals surface area contributed by atoms with Gasteiger partial charge in [-0.2, -0.15) is 0 Å². The molecule has 0 atom stereocenters. The fourth-order valence-corrected chi connectivity index (χ4v) is 3.97. The lowest BCUT2D eigenvalue weighted by Crippen LogP contribution is -2.29. The zero-order valence-corrected chi connectivity index (χ0v) is 17.4. The summed E-state index contributed by atoms with van der Waals surface area (Å²) in [6, 6.07) is 3.71. The minimum atomic E-state index is -0.925. The molecule has 0 aliphatic heterocycles. The first kappa shape index (κ1) is 20.3. The van der Waals surface area contributed by atoms with E-state index in [4.69, 9.17) is 5.73 Å². The van der Waals surface area contributed by atoms with Crippen molar-refractivity contribution in [1.82, 2.24) is 19.5 Å². The first-order valence-electron chi connectivity index (χ1n) is 10.3. The van der Waals surface area contributed by atoms with Gasteiger partial charge in [-0.05, 0) is 57.6 Å². The number of nitrogens with two attached hydrogens (primary N) is 1. The first-order valence-corrected chi connectivity index (χ1v) is 10.3. The van der Waals surface area contributed by atoms with Gasteiger partial charge in [0.1, 0.15) is 11.3 Å². The molecule has 1 saturated carbocycles. The van der Waals surface area contributed by atoms with Gasteiger partial charge in [0.05, 0.1) is 29.6 Å². The van der Waals surface area contributed by atoms with E-state index in [0.717, 1.165) is 35.7 Å². The van der Waals surface area contributed by atoms with Crippen molar-refractivity contribution in [3.63, 3.8) is 0 Å². The lowest BCUT2D eigenvalue weighted by atomic mass is 9.85. The highest BCUT2D eigenvalue weighted by atomic mass is 16.3. The van der Waals surface area contributed by atoms with Gasteiger partial charge in [0, 0.05) is 23.3 Å². The summed E-state index contributed by atoms with van der Waals surface area (Å²) in [7, 11) is 0. The third kappa shape index (κ3) is 4.45. The van der Waals surface area contributed by atoms with Crippen molar-refractivity contribution < 1.29 is 10.2 Å². The number of fused-ring (bicyclic) bond motifs is 1. The Morgan fingerprint density at radius 2 is 2.00 bits per heavy atom. The Hall–Kier alpha value is -2.95. The normalized spacial score (nSPS) is 16.3. The second kappa shape index (κ2) is 7.71. The molecule has 4 N–H and O–H groups in total. The van der Waals surface area contributed by atoms with Crippen LogP contribution in [0.3, 0.4) is 0 Å². The topological polar surface area (TPSA) is 110 Å². The average molecular weight is 406 g/mol. The van der Waals surface area contributed by atoms with Crippen molar-refractivity contribution in [2.75, 3.05) is 5.73 Å². The van der Waals surface area contributed by atoms with E-state index in [2.05, 4.69) is 26.8 Å². The number of anilines is 1. The van der Waals surface area contributed by atoms with E-state index in [1.54, 1.807) is 32.3 Å². The van der Waals surface area contributed by atoms with Crippen molar-refractivity contribution >= 4 is 16.9 Å². The van der Waals surface area contributed by atoms with Gasteiger partial charge in [-0.1, -0.05) is 12.3 Å². The van der Waals surface area contributed by atoms with Gasteiger partial charge in [-0.25, -0.2) is 15.0 Å². The summed E-state index contributed by atoms with van der Waals surface area (Å²) in [5.74, 6) is 6.31. The second-order valence-corrected chi connectivity index (χ2v) is 8.71. The van der Waals surface area contributed by atoms with E-state index < -0.39 is 11.2 Å². The van der Waals surface area contributed by atoms with Crippen LogP contribution in [0.25, 0.3) is 22.2 Å². The average Bonchev–Trinajstić information content (AvgIpc) is 3.03. The Balaban J connectivity index is 1.80. The van der Waals surface area contributed by atoms with Crippen molar-refractivity contribution in [1.29, 1.82) is 0 Å². The van der Waals surface area contributed by atoms with Crippen LogP contribution in [-0.2, 0) is 6.54 Å². The number of rotatable bonds is 3. The van der Waals surface area contributed by atoms with Crippen LogP contribution in [0.2, 0.25) is 0 Å². The Morgan fingerprint density at radius 1 is 1.23 bits per heavy atom. The SMILES string of the molecule is CC(C)(O)Cn1cc(-c2ccnc(N)n2)c2cc(C#CC3(O)CCCCC3)ncc21. The molecule has 7 heteroatoms. The zero-order chi connectivity index (χ0) is 21.4. The standard InChI is InChI=1S/C23H27N5O2/c1-22(2,29)15-28-14-18(19-7-11-25-21(24)27-19)17-12-16(26-13-20(17)28)6-10-23(30)8-4-3-5-9-23/h7,11-14,29-30H,3-5,8-9,15H2,1-2H3,(H2,24,25,27). The molecule has 1 fully saturated rings. The maximum Gasteiger partial charge on any atom is 0.220 e. The molecule has 1 aliphatic rings. The largest absolute Gasteiger partial charge is 0.389 e. The van der Waals surface area contributed by atoms with E-state index in [1.807, 2.05) is 16.8 Å². The lowest BCUT2D eigenvalue weighted by Gasteiger charge is -2.26. The third-order valence-electron chi connectivity index (χ3n) is 5.38. The third-order valence-corrected chi connectivity index (χ3v) is 5.38. The van der Waals surface area contributed by atoms with Crippen LogP contribution in [0.5, 0.6) is 0 Å². The van der Waals surface area contributed by atoms with E-state index in [9.17, 15) is 10.2 Å². The maximum absolute atomic E-state index is 10.7. The highest BCUT2D eigenvalue weighted by Gasteiger charge is 2.26. The molecule has 3 aromatic heterocycles. The number of hydrogen-bond donors (Lipinski definition) is 3. The van der Waals surface area contributed by atoms with Gasteiger partial charge in [-0.3, -0.25) is 0 Å². The molecule has 3 aromatic rings. The van der Waals surface area contributed by atoms with Crippen LogP contribution in [0.1, 0.15) is 51.6 Å². The summed E-state index contributed by atoms with van der Waals surface area (Å²) in [6.45, 7) is 3.93. The predicted octanol–water partition coefficient (Wildman–Crippen LogP) is 2.89. The molecule has 1 aliphatic carbocycles. The number of nitrogens with zero attached hydrogens (tertiary/aromatic N) is 4. The Kier molecular flexibility index (Phi) is 5.22. The van der Waals surface area contributed by atoms with Crippen molar-refractivity contribution in [3.8, 4) is 23.1 Å². The summed E-state index contributed by atoms with van der Waals surface area (Å²) in [6.07, 6.45) is 9.87. The summed E-state index contributed by atoms with van der Waals surface area (Å²) in [4.78, 5) is 12.8. The quantitative estimate of drug-likeness (QED) is 0.578. The van der Waals surface area contributed by atoms with Crippen LogP contribution in [-0.4, -0.2) is 40.9 Å². The monoisotopic (exact) mass is 405 g/mol. The van der Waals surface area contributed by atoms with Crippen molar-refractivity contribution in [2.45, 2.75) is 63.7 Å². The molecular formula is C23H27N5O2. The number of pyridine rings is 1. The molecule has 0 radical (unpaired) electrons. The van der Waals surface area contributed by atoms with Gasteiger partial charge < -0.3 is 20.5 Å². The molecular weight excluding hydrogens is 378 g/mol. The molecule has 4 rings (SSSR count). The fraction of sp³-hybridized carbons (Fsp3) is 0.435. The van der Waals surface area contributed by atoms with Crippen molar-refractivity contribution in [3.05, 3.63) is 36.4 Å². The summed E-state index contributed by atoms with van der Waals surface area (Å²) >= 11 is 0. The summed E-state index contributed by atoms with van der Waals surface area (Å²) < 4.78 is 1.96. The molecule has 30 heavy (non-hydrogen) atoms. The van der Waals surface area contributed by atoms with Gasteiger partial charge in [-0.15, -0.1) is 0 Å². The molecule has 0 unspecified atom stereocenters. The van der Waals surface area contributed by atoms with Crippen LogP contribution < -0.4 is 5.73 Å². The number of nitrogen functional groups attached to an aromatic ring is 1. The van der Waals surface area contributed by atoms with E-state index in [1.165, 1.54) is 0 Å². The first-order chi connectivity index (χ1) is 14.2. The van der Waals surface area contributed by atoms with Gasteiger partial charge >= 0.3 is 0 Å². The van der Waals surface area contributed by atoms with E-state index >= 15 is 0 Å². The number of aromatic nitrogens is 4. The Morgan fingerprint density at radius 3 is 2.70 bits per heavy atom. The predicted molar refractivity (Wildman–Crippen MR) is 116 cm³/mol. The maximum atomic E-state index is 10.7. The van der Waals surface area contributed by atoms with Crippen LogP contribution in [0, 0.1) is 11.8 Å². The lowest BCUT2D eigenvalue weighted by molar-refractivity contribution is 0.0608. The summed E-state index contributed by atoms with van der Waals surface area (Å²) in [5.41, 5.74) is 6.99. The zero-order valence-electron chi connectivity index (χ0n) is 17.4. The van der Waals surface area contributed by atoms with Crippen LogP contribution in [0.15, 0.2) is 30.7 Å². The highest BCUT2D eigenvalue weighted by molar-refractivity contribution is 5.95. The smallest absolute Gasteiger partial charge is 0.220 e. The molecule has 3 heterocycles. The van der Waals surface area contributed by atoms with E-state index in [-0.39, 0.29) is 5.95 Å². The fourth-order valence-electron chi connectivity index (χ4n) is 3.97. The van der Waals surface area contributed by atoms with Gasteiger partial charge in [0.25, 0.3) is 0 Å². The van der Waals surface area contributed by atoms with Crippen LogP contribution in [0.4, 0.5) is 5.95 Å². The molecule has 0 aromatic carbocycles. The number of hydrogen-bond acceptors (Lipinski definition) is 6. The molecule has 7 nitrogen and oxygen atoms in total. The Labute approximate surface area is 176 Å². The summed E-state index contributed by atoms with van der Waals surface area (Å²) in [5, 5.41) is 21.9. The molecule has 156 valence electrons. The molecule has 0 saturated heterocycles.